The van der Waals surface area contributed by atoms with E-state index >= 15 is 0 Å². The van der Waals surface area contributed by atoms with Gasteiger partial charge in [0.1, 0.15) is 0 Å². The molecule has 0 bridgehead atoms. The second-order valence-corrected chi connectivity index (χ2v) is 2.02. The highest BCUT2D eigenvalue weighted by atomic mass is 15.4. The molecule has 0 aliphatic heterocycles. The van der Waals surface area contributed by atoms with Crippen molar-refractivity contribution >= 4 is 23.8 Å². The molecule has 9 heteroatoms. The second-order valence-electron chi connectivity index (χ2n) is 2.02. The van der Waals surface area contributed by atoms with Gasteiger partial charge in [0, 0.05) is 0 Å². The molecule has 0 amide bonds. The number of nitrogens with zero attached hydrogens (tertiary/aromatic N) is 4. The van der Waals surface area contributed by atoms with Gasteiger partial charge < -0.3 is 22.9 Å². The third-order valence-corrected chi connectivity index (χ3v) is 0.955. The maximum atomic E-state index is 5.27. The zero-order chi connectivity index (χ0) is 9.84. The molecule has 0 atom stereocenters. The van der Waals surface area contributed by atoms with Crippen LogP contribution in [0.4, 0.5) is 17.8 Å². The number of nitrogens with one attached hydrogen (secondary N) is 1. The molecule has 1 rings (SSSR count). The van der Waals surface area contributed by atoms with E-state index in [0.29, 0.717) is 0 Å². The Morgan fingerprint density at radius 2 is 1.62 bits per heavy atom. The summed E-state index contributed by atoms with van der Waals surface area (Å²) in [5.41, 5.74) is 23.0. The van der Waals surface area contributed by atoms with Gasteiger partial charge in [0.05, 0.1) is 0 Å². The summed E-state index contributed by atoms with van der Waals surface area (Å²) in [4.78, 5) is 10.8. The molecule has 0 saturated carbocycles. The van der Waals surface area contributed by atoms with Gasteiger partial charge >= 0.3 is 0 Å². The number of hydrazone groups is 1. The first kappa shape index (κ1) is 8.77. The van der Waals surface area contributed by atoms with E-state index in [1.807, 2.05) is 0 Å². The molecular formula is C4H9N9. The normalized spacial score (nSPS) is 9.23. The van der Waals surface area contributed by atoms with Crippen LogP contribution in [0, 0.1) is 0 Å². The number of nitrogens with two attached hydrogens (primary N) is 4. The third-order valence-electron chi connectivity index (χ3n) is 0.955. The number of hydrogen-bond acceptors (Lipinski definition) is 7. The zero-order valence-corrected chi connectivity index (χ0v) is 6.60. The van der Waals surface area contributed by atoms with Gasteiger partial charge in [-0.3, -0.25) is 0 Å². The fraction of sp³-hybridized carbons (Fsp3) is 0. The molecule has 1 heterocycles. The summed E-state index contributed by atoms with van der Waals surface area (Å²) in [5.74, 6) is -0.0995. The van der Waals surface area contributed by atoms with Gasteiger partial charge in [-0.05, 0) is 0 Å². The monoisotopic (exact) mass is 183 g/mol. The molecular weight excluding hydrogens is 174 g/mol. The number of rotatable bonds is 2. The lowest BCUT2D eigenvalue weighted by atomic mass is 10.8. The Morgan fingerprint density at radius 1 is 1.08 bits per heavy atom. The van der Waals surface area contributed by atoms with Gasteiger partial charge in [0.25, 0.3) is 0 Å². The largest absolute Gasteiger partial charge is 0.369 e. The van der Waals surface area contributed by atoms with E-state index in [2.05, 4.69) is 25.5 Å². The van der Waals surface area contributed by atoms with Crippen LogP contribution in [-0.4, -0.2) is 20.9 Å². The molecule has 0 aliphatic rings. The lowest BCUT2D eigenvalue weighted by Gasteiger charge is -2.00. The smallest absolute Gasteiger partial charge is 0.250 e. The maximum absolute atomic E-state index is 5.27. The van der Waals surface area contributed by atoms with E-state index < -0.39 is 0 Å². The van der Waals surface area contributed by atoms with Crippen LogP contribution in [0.25, 0.3) is 0 Å². The average Bonchev–Trinajstić information content (AvgIpc) is 1.99. The van der Waals surface area contributed by atoms with Crippen molar-refractivity contribution in [1.82, 2.24) is 15.0 Å². The summed E-state index contributed by atoms with van der Waals surface area (Å²) in [6, 6.07) is 0. The van der Waals surface area contributed by atoms with E-state index in [9.17, 15) is 0 Å². The highest BCUT2D eigenvalue weighted by molar-refractivity contribution is 5.76. The highest BCUT2D eigenvalue weighted by Gasteiger charge is 1.99. The Bertz CT molecular complexity index is 306. The van der Waals surface area contributed by atoms with Gasteiger partial charge in [-0.2, -0.15) is 15.0 Å². The first-order valence-corrected chi connectivity index (χ1v) is 3.19. The van der Waals surface area contributed by atoms with Crippen molar-refractivity contribution in [2.24, 2.45) is 16.6 Å². The molecule has 0 aromatic carbocycles. The van der Waals surface area contributed by atoms with Gasteiger partial charge in [0.15, 0.2) is 0 Å². The molecule has 9 nitrogen and oxygen atoms in total. The third kappa shape index (κ3) is 2.65. The Labute approximate surface area is 73.2 Å². The van der Waals surface area contributed by atoms with Crippen LogP contribution >= 0.6 is 0 Å². The quantitative estimate of drug-likeness (QED) is 0.192. The molecule has 0 radical (unpaired) electrons. The molecule has 13 heavy (non-hydrogen) atoms. The van der Waals surface area contributed by atoms with Crippen LogP contribution in [-0.2, 0) is 0 Å². The lowest BCUT2D eigenvalue weighted by molar-refractivity contribution is 1.05. The number of guanidine groups is 1. The maximum Gasteiger partial charge on any atom is 0.250 e. The first-order valence-electron chi connectivity index (χ1n) is 3.19. The molecule has 9 N–H and O–H groups in total. The first-order chi connectivity index (χ1) is 6.08. The van der Waals surface area contributed by atoms with E-state index in [1.54, 1.807) is 0 Å². The number of aromatic nitrogens is 3. The van der Waals surface area contributed by atoms with Crippen molar-refractivity contribution in [3.8, 4) is 0 Å². The van der Waals surface area contributed by atoms with Gasteiger partial charge in [-0.1, -0.05) is 0 Å². The molecule has 0 aliphatic carbocycles. The van der Waals surface area contributed by atoms with Crippen molar-refractivity contribution in [3.63, 3.8) is 0 Å². The molecule has 0 unspecified atom stereocenters. The van der Waals surface area contributed by atoms with Crippen molar-refractivity contribution in [2.75, 3.05) is 16.9 Å². The van der Waals surface area contributed by atoms with Crippen LogP contribution in [0.2, 0.25) is 0 Å². The second kappa shape index (κ2) is 3.38. The molecule has 1 aromatic rings. The van der Waals surface area contributed by atoms with Gasteiger partial charge in [-0.25, -0.2) is 5.43 Å². The van der Waals surface area contributed by atoms with Crippen LogP contribution in [0.15, 0.2) is 5.10 Å². The summed E-state index contributed by atoms with van der Waals surface area (Å²) in [6.45, 7) is 0. The van der Waals surface area contributed by atoms with Crippen molar-refractivity contribution in [1.29, 1.82) is 0 Å². The van der Waals surface area contributed by atoms with Crippen molar-refractivity contribution in [3.05, 3.63) is 0 Å². The molecule has 0 fully saturated rings. The summed E-state index contributed by atoms with van der Waals surface area (Å²) >= 11 is 0. The fourth-order valence-corrected chi connectivity index (χ4v) is 0.574. The Hall–Kier alpha value is -2.32. The van der Waals surface area contributed by atoms with Crippen LogP contribution in [0.3, 0.4) is 0 Å². The zero-order valence-electron chi connectivity index (χ0n) is 6.60. The number of nitrogen functional groups attached to an aromatic ring is 2. The number of hydrogen-bond donors (Lipinski definition) is 5. The van der Waals surface area contributed by atoms with E-state index in [4.69, 9.17) is 22.9 Å². The van der Waals surface area contributed by atoms with Crippen LogP contribution < -0.4 is 28.4 Å². The van der Waals surface area contributed by atoms with Gasteiger partial charge in [0.2, 0.25) is 23.8 Å². The Balaban J connectivity index is 2.83. The van der Waals surface area contributed by atoms with E-state index in [1.165, 1.54) is 0 Å². The average molecular weight is 183 g/mol. The summed E-state index contributed by atoms with van der Waals surface area (Å²) in [7, 11) is 0. The lowest BCUT2D eigenvalue weighted by Crippen LogP contribution is -2.24. The van der Waals surface area contributed by atoms with Crippen LogP contribution in [0.5, 0.6) is 0 Å². The minimum Gasteiger partial charge on any atom is -0.369 e. The Kier molecular flexibility index (Phi) is 2.28. The summed E-state index contributed by atoms with van der Waals surface area (Å²) in [6.07, 6.45) is 0. The SMILES string of the molecule is NC(N)=NNc1nc(N)nc(N)n1. The predicted molar refractivity (Wildman–Crippen MR) is 48.1 cm³/mol. The number of anilines is 3. The molecule has 0 spiro atoms. The predicted octanol–water partition coefficient (Wildman–Crippen LogP) is -2.36. The van der Waals surface area contributed by atoms with Gasteiger partial charge in [-0.15, -0.1) is 5.10 Å². The highest BCUT2D eigenvalue weighted by Crippen LogP contribution is 2.02. The minimum absolute atomic E-state index is 0.0132. The fourth-order valence-electron chi connectivity index (χ4n) is 0.574. The summed E-state index contributed by atoms with van der Waals surface area (Å²) < 4.78 is 0. The standard InChI is InChI=1S/C4H9N9/c5-1(6)12-13-4-10-2(7)9-3(8)11-4/h(H4,5,6,12)(H5,7,8,9,10,11,13). The van der Waals surface area contributed by atoms with Crippen LogP contribution in [0.1, 0.15) is 0 Å². The van der Waals surface area contributed by atoms with Crippen molar-refractivity contribution < 1.29 is 0 Å². The molecule has 1 aromatic heterocycles. The summed E-state index contributed by atoms with van der Waals surface area (Å²) in [5, 5.41) is 3.44. The van der Waals surface area contributed by atoms with E-state index in [0.717, 1.165) is 0 Å². The van der Waals surface area contributed by atoms with Crippen molar-refractivity contribution in [2.45, 2.75) is 0 Å². The topological polar surface area (TPSA) is 167 Å². The Morgan fingerprint density at radius 3 is 2.08 bits per heavy atom. The molecule has 0 saturated heterocycles. The minimum atomic E-state index is -0.155. The van der Waals surface area contributed by atoms with E-state index in [-0.39, 0.29) is 23.8 Å². The molecule has 70 valence electrons.